The molecular formula is C10H10N4O4S. The number of rotatable bonds is 3. The van der Waals surface area contributed by atoms with Crippen LogP contribution in [0.3, 0.4) is 0 Å². The predicted octanol–water partition coefficient (Wildman–Crippen LogP) is 1.13. The van der Waals surface area contributed by atoms with Crippen LogP contribution in [-0.2, 0) is 10.1 Å². The van der Waals surface area contributed by atoms with Gasteiger partial charge in [-0.15, -0.1) is 5.11 Å². The first-order chi connectivity index (χ1) is 8.93. The number of azo groups is 1. The van der Waals surface area contributed by atoms with Gasteiger partial charge in [-0.05, 0) is 24.3 Å². The van der Waals surface area contributed by atoms with Crippen molar-refractivity contribution in [1.82, 2.24) is 9.78 Å². The van der Waals surface area contributed by atoms with E-state index in [4.69, 9.17) is 4.55 Å². The molecule has 0 fully saturated rings. The van der Waals surface area contributed by atoms with E-state index in [9.17, 15) is 13.2 Å². The highest BCUT2D eigenvalue weighted by molar-refractivity contribution is 7.85. The molecule has 1 aromatic heterocycles. The number of nitrogens with one attached hydrogen (secondary N) is 1. The van der Waals surface area contributed by atoms with Crippen LogP contribution in [0.15, 0.2) is 50.4 Å². The molecule has 1 heterocycles. The van der Waals surface area contributed by atoms with Crippen molar-refractivity contribution >= 4 is 15.8 Å². The zero-order valence-corrected chi connectivity index (χ0v) is 10.6. The summed E-state index contributed by atoms with van der Waals surface area (Å²) in [6.07, 6.45) is 1.38. The second-order valence-electron chi connectivity index (χ2n) is 3.57. The van der Waals surface area contributed by atoms with E-state index in [0.29, 0.717) is 5.69 Å². The molecule has 0 aliphatic carbocycles. The van der Waals surface area contributed by atoms with Gasteiger partial charge in [0.2, 0.25) is 0 Å². The second-order valence-corrected chi connectivity index (χ2v) is 4.99. The van der Waals surface area contributed by atoms with Crippen LogP contribution in [0.4, 0.5) is 5.69 Å². The topological polar surface area (TPSA) is 117 Å². The van der Waals surface area contributed by atoms with E-state index < -0.39 is 15.7 Å². The number of aromatic amines is 1. The monoisotopic (exact) mass is 282 g/mol. The molecule has 2 rings (SSSR count). The normalized spacial score (nSPS) is 12.1. The minimum Gasteiger partial charge on any atom is -0.296 e. The van der Waals surface area contributed by atoms with Gasteiger partial charge >= 0.3 is 0 Å². The third kappa shape index (κ3) is 2.61. The molecule has 0 atom stereocenters. The predicted molar refractivity (Wildman–Crippen MR) is 66.6 cm³/mol. The molecule has 2 aromatic rings. The number of benzene rings is 1. The third-order valence-corrected chi connectivity index (χ3v) is 3.22. The summed E-state index contributed by atoms with van der Waals surface area (Å²) in [5.74, 6) is 0. The minimum atomic E-state index is -4.25. The van der Waals surface area contributed by atoms with Crippen LogP contribution in [0.5, 0.6) is 0 Å². The summed E-state index contributed by atoms with van der Waals surface area (Å²) in [7, 11) is -2.80. The van der Waals surface area contributed by atoms with Gasteiger partial charge in [0.25, 0.3) is 15.7 Å². The number of aromatic nitrogens is 2. The maximum Gasteiger partial charge on any atom is 0.298 e. The van der Waals surface area contributed by atoms with Gasteiger partial charge < -0.3 is 0 Å². The Morgan fingerprint density at radius 1 is 1.26 bits per heavy atom. The Kier molecular flexibility index (Phi) is 3.32. The van der Waals surface area contributed by atoms with Crippen molar-refractivity contribution < 1.29 is 13.0 Å². The van der Waals surface area contributed by atoms with E-state index in [2.05, 4.69) is 15.3 Å². The zero-order valence-electron chi connectivity index (χ0n) is 9.81. The van der Waals surface area contributed by atoms with Crippen LogP contribution in [-0.4, -0.2) is 29.8 Å². The lowest BCUT2D eigenvalue weighted by Gasteiger charge is -2.02. The van der Waals surface area contributed by atoms with Gasteiger partial charge in [-0.1, -0.05) is 0 Å². The lowest BCUT2D eigenvalue weighted by Crippen LogP contribution is -2.14. The molecule has 0 radical (unpaired) electrons. The maximum atomic E-state index is 11.9. The lowest BCUT2D eigenvalue weighted by atomic mass is 10.3. The molecule has 0 saturated heterocycles. The van der Waals surface area contributed by atoms with Crippen LogP contribution >= 0.6 is 0 Å². The van der Waals surface area contributed by atoms with Crippen molar-refractivity contribution in [2.75, 3.05) is 7.05 Å². The highest BCUT2D eigenvalue weighted by Crippen LogP contribution is 2.13. The quantitative estimate of drug-likeness (QED) is 0.648. The van der Waals surface area contributed by atoms with E-state index in [-0.39, 0.29) is 10.6 Å². The van der Waals surface area contributed by atoms with Gasteiger partial charge in [0.05, 0.1) is 16.8 Å². The van der Waals surface area contributed by atoms with Gasteiger partial charge in [0.15, 0.2) is 5.69 Å². The van der Waals surface area contributed by atoms with Gasteiger partial charge in [0, 0.05) is 7.05 Å². The van der Waals surface area contributed by atoms with Gasteiger partial charge in [-0.2, -0.15) is 13.5 Å². The SMILES string of the molecule is CN=Nc1c[nH]n(-c2ccc(S(=O)(=O)O)cc2)c1=O. The first kappa shape index (κ1) is 13.2. The van der Waals surface area contributed by atoms with Crippen LogP contribution in [0, 0.1) is 0 Å². The Morgan fingerprint density at radius 2 is 1.89 bits per heavy atom. The minimum absolute atomic E-state index is 0.140. The second kappa shape index (κ2) is 4.78. The van der Waals surface area contributed by atoms with Crippen molar-refractivity contribution in [3.63, 3.8) is 0 Å². The van der Waals surface area contributed by atoms with E-state index in [0.717, 1.165) is 0 Å². The summed E-state index contributed by atoms with van der Waals surface area (Å²) in [6, 6.07) is 5.15. The van der Waals surface area contributed by atoms with Crippen LogP contribution in [0.25, 0.3) is 5.69 Å². The van der Waals surface area contributed by atoms with Gasteiger partial charge in [-0.3, -0.25) is 14.4 Å². The molecule has 0 aliphatic heterocycles. The Balaban J connectivity index is 2.46. The van der Waals surface area contributed by atoms with Gasteiger partial charge in [-0.25, -0.2) is 4.68 Å². The lowest BCUT2D eigenvalue weighted by molar-refractivity contribution is 0.483. The van der Waals surface area contributed by atoms with Crippen molar-refractivity contribution in [2.24, 2.45) is 10.2 Å². The Morgan fingerprint density at radius 3 is 2.42 bits per heavy atom. The molecule has 0 spiro atoms. The van der Waals surface area contributed by atoms with E-state index >= 15 is 0 Å². The van der Waals surface area contributed by atoms with E-state index in [1.807, 2.05) is 0 Å². The number of hydrogen-bond acceptors (Lipinski definition) is 5. The number of nitrogens with zero attached hydrogens (tertiary/aromatic N) is 3. The molecule has 0 unspecified atom stereocenters. The molecule has 1 aromatic carbocycles. The summed E-state index contributed by atoms with van der Waals surface area (Å²) in [4.78, 5) is 11.6. The fourth-order valence-corrected chi connectivity index (χ4v) is 1.98. The molecule has 9 heteroatoms. The van der Waals surface area contributed by atoms with Crippen molar-refractivity contribution in [3.05, 3.63) is 40.8 Å². The molecule has 2 N–H and O–H groups in total. The average Bonchev–Trinajstić information content (AvgIpc) is 2.71. The first-order valence-electron chi connectivity index (χ1n) is 5.11. The molecule has 0 aliphatic rings. The maximum absolute atomic E-state index is 11.9. The largest absolute Gasteiger partial charge is 0.298 e. The highest BCUT2D eigenvalue weighted by Gasteiger charge is 2.11. The average molecular weight is 282 g/mol. The molecule has 0 amide bonds. The van der Waals surface area contributed by atoms with Gasteiger partial charge in [0.1, 0.15) is 0 Å². The summed E-state index contributed by atoms with van der Waals surface area (Å²) in [5.41, 5.74) is 0.140. The molecule has 8 nitrogen and oxygen atoms in total. The summed E-state index contributed by atoms with van der Waals surface area (Å²) >= 11 is 0. The Bertz CT molecular complexity index is 771. The Hall–Kier alpha value is -2.26. The van der Waals surface area contributed by atoms with Crippen molar-refractivity contribution in [3.8, 4) is 5.69 Å². The summed E-state index contributed by atoms with van der Waals surface area (Å²) in [6.45, 7) is 0. The first-order valence-corrected chi connectivity index (χ1v) is 6.55. The smallest absolute Gasteiger partial charge is 0.296 e. The van der Waals surface area contributed by atoms with E-state index in [1.54, 1.807) is 0 Å². The molecule has 100 valence electrons. The highest BCUT2D eigenvalue weighted by atomic mass is 32.2. The van der Waals surface area contributed by atoms with Crippen molar-refractivity contribution in [2.45, 2.75) is 4.90 Å². The zero-order chi connectivity index (χ0) is 14.0. The number of H-pyrrole nitrogens is 1. The van der Waals surface area contributed by atoms with Crippen LogP contribution in [0.2, 0.25) is 0 Å². The Labute approximate surface area is 108 Å². The van der Waals surface area contributed by atoms with E-state index in [1.165, 1.54) is 42.2 Å². The third-order valence-electron chi connectivity index (χ3n) is 2.35. The van der Waals surface area contributed by atoms with Crippen LogP contribution in [0.1, 0.15) is 0 Å². The molecule has 0 saturated carbocycles. The van der Waals surface area contributed by atoms with Crippen molar-refractivity contribution in [1.29, 1.82) is 0 Å². The molecule has 19 heavy (non-hydrogen) atoms. The molecular weight excluding hydrogens is 272 g/mol. The fraction of sp³-hybridized carbons (Fsp3) is 0.100. The number of hydrogen-bond donors (Lipinski definition) is 2. The summed E-state index contributed by atoms with van der Waals surface area (Å²) in [5, 5.41) is 9.80. The standard InChI is InChI=1S/C10H10N4O4S/c1-11-13-9-6-12-14(10(9)15)7-2-4-8(5-3-7)19(16,17)18/h2-6,12H,1H3,(H,16,17,18). The molecule has 0 bridgehead atoms. The fourth-order valence-electron chi connectivity index (χ4n) is 1.50. The van der Waals surface area contributed by atoms with Crippen LogP contribution < -0.4 is 5.56 Å². The summed E-state index contributed by atoms with van der Waals surface area (Å²) < 4.78 is 31.8.